The average molecular weight is 288 g/mol. The van der Waals surface area contributed by atoms with Gasteiger partial charge in [0.1, 0.15) is 6.04 Å². The summed E-state index contributed by atoms with van der Waals surface area (Å²) in [6, 6.07) is -0.963. The standard InChI is InChI=1S/C13H24N2O3S/c1-13(2,11(14)12(17)18)19-9-10(16)15-7-5-3-4-6-8-15/h11H,3-9,14H2,1-2H3,(H,17,18)/t11-/m1/s1. The van der Waals surface area contributed by atoms with Gasteiger partial charge in [-0.15, -0.1) is 11.8 Å². The summed E-state index contributed by atoms with van der Waals surface area (Å²) in [5.74, 6) is -0.633. The van der Waals surface area contributed by atoms with Crippen molar-refractivity contribution >= 4 is 23.6 Å². The summed E-state index contributed by atoms with van der Waals surface area (Å²) >= 11 is 1.33. The van der Waals surface area contributed by atoms with Crippen LogP contribution in [0, 0.1) is 0 Å². The number of rotatable bonds is 5. The van der Waals surface area contributed by atoms with Gasteiger partial charge in [0, 0.05) is 17.8 Å². The number of carbonyl (C=O) groups is 2. The summed E-state index contributed by atoms with van der Waals surface area (Å²) in [6.45, 7) is 5.19. The number of hydrogen-bond donors (Lipinski definition) is 2. The highest BCUT2D eigenvalue weighted by atomic mass is 32.2. The zero-order valence-corrected chi connectivity index (χ0v) is 12.5. The van der Waals surface area contributed by atoms with Crippen molar-refractivity contribution in [3.05, 3.63) is 0 Å². The molecule has 1 aliphatic rings. The molecule has 0 saturated carbocycles. The number of likely N-dealkylation sites (tertiary alicyclic amines) is 1. The molecule has 1 amide bonds. The van der Waals surface area contributed by atoms with Crippen LogP contribution in [0.3, 0.4) is 0 Å². The topological polar surface area (TPSA) is 83.6 Å². The molecular formula is C13H24N2O3S. The molecule has 1 aliphatic heterocycles. The third-order valence-electron chi connectivity index (χ3n) is 3.54. The van der Waals surface area contributed by atoms with E-state index in [2.05, 4.69) is 0 Å². The van der Waals surface area contributed by atoms with Crippen molar-refractivity contribution in [2.75, 3.05) is 18.8 Å². The molecule has 0 aromatic carbocycles. The maximum atomic E-state index is 12.1. The minimum atomic E-state index is -1.03. The number of carboxylic acid groups (broad SMARTS) is 1. The summed E-state index contributed by atoms with van der Waals surface area (Å²) in [6.07, 6.45) is 4.50. The fourth-order valence-corrected chi connectivity index (χ4v) is 3.00. The molecule has 19 heavy (non-hydrogen) atoms. The minimum Gasteiger partial charge on any atom is -0.480 e. The molecule has 3 N–H and O–H groups in total. The Morgan fingerprint density at radius 2 is 1.79 bits per heavy atom. The average Bonchev–Trinajstić information content (AvgIpc) is 2.63. The molecular weight excluding hydrogens is 264 g/mol. The lowest BCUT2D eigenvalue weighted by atomic mass is 10.1. The molecule has 110 valence electrons. The van der Waals surface area contributed by atoms with E-state index in [0.717, 1.165) is 25.9 Å². The van der Waals surface area contributed by atoms with Crippen molar-refractivity contribution < 1.29 is 14.7 Å². The first kappa shape index (κ1) is 16.3. The Kier molecular flexibility index (Phi) is 6.13. The normalized spacial score (nSPS) is 18.8. The third kappa shape index (κ3) is 5.03. The van der Waals surface area contributed by atoms with Gasteiger partial charge >= 0.3 is 5.97 Å². The Hall–Kier alpha value is -0.750. The van der Waals surface area contributed by atoms with Gasteiger partial charge in [0.15, 0.2) is 0 Å². The molecule has 1 heterocycles. The molecule has 1 atom stereocenters. The quantitative estimate of drug-likeness (QED) is 0.797. The van der Waals surface area contributed by atoms with E-state index in [9.17, 15) is 9.59 Å². The number of carbonyl (C=O) groups excluding carboxylic acids is 1. The van der Waals surface area contributed by atoms with Crippen LogP contribution in [0.4, 0.5) is 0 Å². The second-order valence-corrected chi connectivity index (χ2v) is 7.13. The van der Waals surface area contributed by atoms with E-state index in [1.807, 2.05) is 4.90 Å². The molecule has 0 bridgehead atoms. The zero-order chi connectivity index (χ0) is 14.5. The van der Waals surface area contributed by atoms with E-state index < -0.39 is 16.8 Å². The van der Waals surface area contributed by atoms with Gasteiger partial charge in [-0.3, -0.25) is 9.59 Å². The van der Waals surface area contributed by atoms with E-state index >= 15 is 0 Å². The largest absolute Gasteiger partial charge is 0.480 e. The summed E-state index contributed by atoms with van der Waals surface area (Å²) in [5, 5.41) is 8.94. The van der Waals surface area contributed by atoms with Crippen LogP contribution < -0.4 is 5.73 Å². The van der Waals surface area contributed by atoms with Crippen LogP contribution in [0.15, 0.2) is 0 Å². The highest BCUT2D eigenvalue weighted by molar-refractivity contribution is 8.01. The van der Waals surface area contributed by atoms with Crippen molar-refractivity contribution in [2.24, 2.45) is 5.73 Å². The summed E-state index contributed by atoms with van der Waals surface area (Å²) in [7, 11) is 0. The molecule has 1 rings (SSSR count). The Balaban J connectivity index is 2.46. The molecule has 0 radical (unpaired) electrons. The number of carboxylic acids is 1. The van der Waals surface area contributed by atoms with Crippen LogP contribution in [-0.2, 0) is 9.59 Å². The molecule has 1 fully saturated rings. The van der Waals surface area contributed by atoms with Gasteiger partial charge in [-0.1, -0.05) is 12.8 Å². The first-order valence-corrected chi connectivity index (χ1v) is 7.73. The highest BCUT2D eigenvalue weighted by Crippen LogP contribution is 2.28. The van der Waals surface area contributed by atoms with Crippen LogP contribution in [0.1, 0.15) is 39.5 Å². The number of nitrogens with two attached hydrogens (primary N) is 1. The van der Waals surface area contributed by atoms with Gasteiger partial charge in [0.05, 0.1) is 5.75 Å². The second kappa shape index (κ2) is 7.14. The van der Waals surface area contributed by atoms with Crippen molar-refractivity contribution in [1.29, 1.82) is 0 Å². The molecule has 5 nitrogen and oxygen atoms in total. The lowest BCUT2D eigenvalue weighted by molar-refractivity contribution is -0.139. The number of aliphatic carboxylic acids is 1. The van der Waals surface area contributed by atoms with Crippen LogP contribution in [0.2, 0.25) is 0 Å². The molecule has 0 unspecified atom stereocenters. The monoisotopic (exact) mass is 288 g/mol. The molecule has 0 spiro atoms. The molecule has 6 heteroatoms. The van der Waals surface area contributed by atoms with Gasteiger partial charge in [-0.2, -0.15) is 0 Å². The van der Waals surface area contributed by atoms with Crippen molar-refractivity contribution in [2.45, 2.75) is 50.3 Å². The fraction of sp³-hybridized carbons (Fsp3) is 0.846. The first-order valence-electron chi connectivity index (χ1n) is 6.74. The molecule has 1 saturated heterocycles. The maximum absolute atomic E-state index is 12.1. The van der Waals surface area contributed by atoms with Crippen LogP contribution in [-0.4, -0.2) is 51.5 Å². The molecule has 0 aliphatic carbocycles. The predicted molar refractivity (Wildman–Crippen MR) is 77.2 cm³/mol. The van der Waals surface area contributed by atoms with Crippen molar-refractivity contribution in [3.8, 4) is 0 Å². The summed E-state index contributed by atoms with van der Waals surface area (Å²) < 4.78 is -0.645. The summed E-state index contributed by atoms with van der Waals surface area (Å²) in [5.41, 5.74) is 5.64. The Morgan fingerprint density at radius 1 is 1.26 bits per heavy atom. The Morgan fingerprint density at radius 3 is 2.26 bits per heavy atom. The number of thioether (sulfide) groups is 1. The van der Waals surface area contributed by atoms with Crippen LogP contribution >= 0.6 is 11.8 Å². The second-order valence-electron chi connectivity index (χ2n) is 5.50. The van der Waals surface area contributed by atoms with Crippen molar-refractivity contribution in [1.82, 2.24) is 4.90 Å². The van der Waals surface area contributed by atoms with Gasteiger partial charge < -0.3 is 15.7 Å². The van der Waals surface area contributed by atoms with Gasteiger partial charge in [-0.25, -0.2) is 0 Å². The van der Waals surface area contributed by atoms with Crippen LogP contribution in [0.25, 0.3) is 0 Å². The highest BCUT2D eigenvalue weighted by Gasteiger charge is 2.33. The van der Waals surface area contributed by atoms with Crippen LogP contribution in [0.5, 0.6) is 0 Å². The molecule has 0 aromatic heterocycles. The van der Waals surface area contributed by atoms with Gasteiger partial charge in [0.2, 0.25) is 5.91 Å². The zero-order valence-electron chi connectivity index (χ0n) is 11.7. The minimum absolute atomic E-state index is 0.0950. The van der Waals surface area contributed by atoms with E-state index in [1.165, 1.54) is 24.6 Å². The van der Waals surface area contributed by atoms with Gasteiger partial charge in [-0.05, 0) is 26.7 Å². The fourth-order valence-electron chi connectivity index (χ4n) is 2.05. The Labute approximate surface area is 118 Å². The SMILES string of the molecule is CC(C)(SCC(=O)N1CCCCCC1)[C@H](N)C(=O)O. The first-order chi connectivity index (χ1) is 8.84. The lowest BCUT2D eigenvalue weighted by Crippen LogP contribution is -2.47. The van der Waals surface area contributed by atoms with E-state index in [0.29, 0.717) is 5.75 Å². The smallest absolute Gasteiger partial charge is 0.321 e. The van der Waals surface area contributed by atoms with Crippen molar-refractivity contribution in [3.63, 3.8) is 0 Å². The van der Waals surface area contributed by atoms with Gasteiger partial charge in [0.25, 0.3) is 0 Å². The predicted octanol–water partition coefficient (Wildman–Crippen LogP) is 1.31. The lowest BCUT2D eigenvalue weighted by Gasteiger charge is -2.29. The van der Waals surface area contributed by atoms with E-state index in [1.54, 1.807) is 13.8 Å². The maximum Gasteiger partial charge on any atom is 0.321 e. The number of nitrogens with zero attached hydrogens (tertiary/aromatic N) is 1. The number of amides is 1. The third-order valence-corrected chi connectivity index (χ3v) is 4.93. The van der Waals surface area contributed by atoms with E-state index in [-0.39, 0.29) is 5.91 Å². The summed E-state index contributed by atoms with van der Waals surface area (Å²) in [4.78, 5) is 24.9. The van der Waals surface area contributed by atoms with E-state index in [4.69, 9.17) is 10.8 Å². The Bertz CT molecular complexity index is 326. The molecule has 0 aromatic rings. The number of hydrogen-bond acceptors (Lipinski definition) is 4.